The van der Waals surface area contributed by atoms with Crippen LogP contribution in [0.1, 0.15) is 41.4 Å². The molecule has 1 aliphatic heterocycles. The normalized spacial score (nSPS) is 25.1. The van der Waals surface area contributed by atoms with E-state index in [4.69, 9.17) is 14.9 Å². The van der Waals surface area contributed by atoms with Crippen LogP contribution in [-0.2, 0) is 25.8 Å². The van der Waals surface area contributed by atoms with E-state index in [2.05, 4.69) is 4.98 Å². The second-order valence-corrected chi connectivity index (χ2v) is 13.3. The molecular weight excluding hydrogens is 516 g/mol. The van der Waals surface area contributed by atoms with Crippen LogP contribution < -0.4 is 10.5 Å². The molecule has 3 atom stereocenters. The van der Waals surface area contributed by atoms with Crippen LogP contribution in [0, 0.1) is 11.8 Å². The summed E-state index contributed by atoms with van der Waals surface area (Å²) in [6, 6.07) is 14.3. The summed E-state index contributed by atoms with van der Waals surface area (Å²) in [5, 5.41) is 0. The Labute approximate surface area is 226 Å². The predicted octanol–water partition coefficient (Wildman–Crippen LogP) is 4.17. The van der Waals surface area contributed by atoms with Crippen molar-refractivity contribution in [3.63, 3.8) is 0 Å². The summed E-state index contributed by atoms with van der Waals surface area (Å²) in [4.78, 5) is 30.5. The maximum absolute atomic E-state index is 14.1. The van der Waals surface area contributed by atoms with E-state index < -0.39 is 37.1 Å². The molecule has 1 fully saturated rings. The number of nitrogens with zero attached hydrogens (tertiary/aromatic N) is 1. The number of sulfone groups is 1. The standard InChI is InChI=1S/C30H28N2O6S/c1-29(13-14-29)39(35,36)30(12-6-5-9-24(30)27(31)34)21-10-11-23-25(16-21)37-17-20(26(23)33)15-22-18-38-28(32-22)19-7-3-2-4-8-19/h2-12,16,18,20,24H,13-15,17H2,1H3,(H2,31,34). The predicted molar refractivity (Wildman–Crippen MR) is 145 cm³/mol. The number of ketones is 1. The summed E-state index contributed by atoms with van der Waals surface area (Å²) in [6.45, 7) is 1.81. The van der Waals surface area contributed by atoms with Gasteiger partial charge in [-0.15, -0.1) is 0 Å². The van der Waals surface area contributed by atoms with E-state index >= 15 is 0 Å². The smallest absolute Gasteiger partial charge is 0.226 e. The number of rotatable bonds is 7. The van der Waals surface area contributed by atoms with E-state index in [0.29, 0.717) is 47.7 Å². The maximum Gasteiger partial charge on any atom is 0.226 e. The van der Waals surface area contributed by atoms with E-state index in [1.807, 2.05) is 30.3 Å². The van der Waals surface area contributed by atoms with Gasteiger partial charge in [0.1, 0.15) is 16.8 Å². The molecule has 2 aromatic carbocycles. The van der Waals surface area contributed by atoms with Gasteiger partial charge in [-0.2, -0.15) is 0 Å². The van der Waals surface area contributed by atoms with Gasteiger partial charge in [0.25, 0.3) is 0 Å². The van der Waals surface area contributed by atoms with E-state index in [9.17, 15) is 18.0 Å². The first-order chi connectivity index (χ1) is 18.7. The minimum absolute atomic E-state index is 0.106. The Morgan fingerprint density at radius 1 is 1.13 bits per heavy atom. The minimum Gasteiger partial charge on any atom is -0.492 e. The first-order valence-corrected chi connectivity index (χ1v) is 14.4. The van der Waals surface area contributed by atoms with E-state index in [1.165, 1.54) is 6.08 Å². The Morgan fingerprint density at radius 2 is 1.90 bits per heavy atom. The number of hydrogen-bond donors (Lipinski definition) is 1. The van der Waals surface area contributed by atoms with Crippen molar-refractivity contribution < 1.29 is 27.2 Å². The largest absolute Gasteiger partial charge is 0.492 e. The number of carbonyl (C=O) groups excluding carboxylic acids is 2. The molecule has 0 radical (unpaired) electrons. The number of fused-ring (bicyclic) bond motifs is 1. The molecule has 2 aliphatic carbocycles. The Bertz CT molecular complexity index is 1630. The SMILES string of the molecule is CC1(S(=O)(=O)C2(c3ccc4c(c3)OCC(Cc3coc(-c5ccccc5)n3)C4=O)C=CC=CC2C(N)=O)CC1. The van der Waals surface area contributed by atoms with Crippen LogP contribution in [0.4, 0.5) is 0 Å². The van der Waals surface area contributed by atoms with Crippen LogP contribution in [0.5, 0.6) is 5.75 Å². The summed E-state index contributed by atoms with van der Waals surface area (Å²) >= 11 is 0. The molecule has 2 heterocycles. The van der Waals surface area contributed by atoms with Crippen molar-refractivity contribution in [1.82, 2.24) is 4.98 Å². The second-order valence-electron chi connectivity index (χ2n) is 10.7. The summed E-state index contributed by atoms with van der Waals surface area (Å²) in [7, 11) is -3.91. The summed E-state index contributed by atoms with van der Waals surface area (Å²) in [6.07, 6.45) is 9.25. The molecule has 0 bridgehead atoms. The molecule has 8 nitrogen and oxygen atoms in total. The quantitative estimate of drug-likeness (QED) is 0.473. The van der Waals surface area contributed by atoms with E-state index in [1.54, 1.807) is 49.6 Å². The van der Waals surface area contributed by atoms with Gasteiger partial charge in [-0.3, -0.25) is 9.59 Å². The lowest BCUT2D eigenvalue weighted by molar-refractivity contribution is -0.121. The van der Waals surface area contributed by atoms with E-state index in [0.717, 1.165) is 5.56 Å². The van der Waals surface area contributed by atoms with Crippen molar-refractivity contribution >= 4 is 21.5 Å². The molecule has 1 aromatic heterocycles. The fraction of sp³-hybridized carbons (Fsp3) is 0.300. The lowest BCUT2D eigenvalue weighted by Crippen LogP contribution is -2.51. The molecule has 0 spiro atoms. The van der Waals surface area contributed by atoms with Crippen LogP contribution in [0.15, 0.2) is 83.5 Å². The van der Waals surface area contributed by atoms with Crippen molar-refractivity contribution in [2.45, 2.75) is 35.7 Å². The van der Waals surface area contributed by atoms with Gasteiger partial charge < -0.3 is 14.9 Å². The third kappa shape index (κ3) is 3.95. The van der Waals surface area contributed by atoms with Gasteiger partial charge in [-0.05, 0) is 49.6 Å². The zero-order valence-electron chi connectivity index (χ0n) is 21.4. The lowest BCUT2D eigenvalue weighted by Gasteiger charge is -2.39. The fourth-order valence-corrected chi connectivity index (χ4v) is 8.24. The molecule has 3 unspecified atom stereocenters. The topological polar surface area (TPSA) is 130 Å². The summed E-state index contributed by atoms with van der Waals surface area (Å²) < 4.78 is 37.2. The van der Waals surface area contributed by atoms with E-state index in [-0.39, 0.29) is 12.4 Å². The second kappa shape index (κ2) is 9.05. The molecule has 0 saturated heterocycles. The average molecular weight is 545 g/mol. The molecule has 1 saturated carbocycles. The van der Waals surface area contributed by atoms with Crippen LogP contribution >= 0.6 is 0 Å². The molecule has 39 heavy (non-hydrogen) atoms. The van der Waals surface area contributed by atoms with Gasteiger partial charge in [0.05, 0.1) is 34.4 Å². The Kier molecular flexibility index (Phi) is 5.87. The van der Waals surface area contributed by atoms with Crippen molar-refractivity contribution in [3.8, 4) is 17.2 Å². The van der Waals surface area contributed by atoms with Crippen molar-refractivity contribution in [2.24, 2.45) is 17.6 Å². The molecule has 200 valence electrons. The average Bonchev–Trinajstić information content (AvgIpc) is 3.54. The zero-order valence-corrected chi connectivity index (χ0v) is 22.2. The maximum atomic E-state index is 14.1. The number of carbonyl (C=O) groups is 2. The van der Waals surface area contributed by atoms with Crippen molar-refractivity contribution in [1.29, 1.82) is 0 Å². The minimum atomic E-state index is -3.91. The Morgan fingerprint density at radius 3 is 2.62 bits per heavy atom. The van der Waals surface area contributed by atoms with Crippen LogP contribution in [0.2, 0.25) is 0 Å². The monoisotopic (exact) mass is 544 g/mol. The third-order valence-corrected chi connectivity index (χ3v) is 11.3. The molecule has 6 rings (SSSR count). The lowest BCUT2D eigenvalue weighted by atomic mass is 9.80. The first-order valence-electron chi connectivity index (χ1n) is 12.9. The number of hydrogen-bond acceptors (Lipinski definition) is 7. The van der Waals surface area contributed by atoms with Gasteiger partial charge in [0.15, 0.2) is 15.6 Å². The number of aromatic nitrogens is 1. The van der Waals surface area contributed by atoms with Crippen LogP contribution in [-0.4, -0.2) is 36.4 Å². The highest BCUT2D eigenvalue weighted by Crippen LogP contribution is 2.55. The number of ether oxygens (including phenoxy) is 1. The van der Waals surface area contributed by atoms with Gasteiger partial charge in [0, 0.05) is 12.0 Å². The molecule has 2 N–H and O–H groups in total. The number of primary amides is 1. The highest BCUT2D eigenvalue weighted by Gasteiger charge is 2.63. The first kappa shape index (κ1) is 25.3. The van der Waals surface area contributed by atoms with Crippen LogP contribution in [0.25, 0.3) is 11.5 Å². The summed E-state index contributed by atoms with van der Waals surface area (Å²) in [5.74, 6) is -1.66. The number of allylic oxidation sites excluding steroid dienone is 2. The number of oxazole rings is 1. The third-order valence-electron chi connectivity index (χ3n) is 8.11. The highest BCUT2D eigenvalue weighted by molar-refractivity contribution is 7.94. The number of benzene rings is 2. The molecule has 3 aromatic rings. The fourth-order valence-electron chi connectivity index (χ4n) is 5.56. The van der Waals surface area contributed by atoms with Crippen molar-refractivity contribution in [3.05, 3.63) is 95.9 Å². The molecular formula is C30H28N2O6S. The van der Waals surface area contributed by atoms with Gasteiger partial charge >= 0.3 is 0 Å². The highest BCUT2D eigenvalue weighted by atomic mass is 32.2. The number of Topliss-reactive ketones (excluding diaryl/α,β-unsaturated/α-hetero) is 1. The van der Waals surface area contributed by atoms with Gasteiger partial charge in [0.2, 0.25) is 11.8 Å². The molecule has 1 amide bonds. The zero-order chi connectivity index (χ0) is 27.4. The van der Waals surface area contributed by atoms with Crippen LogP contribution in [0.3, 0.4) is 0 Å². The molecule has 9 heteroatoms. The summed E-state index contributed by atoms with van der Waals surface area (Å²) in [5.41, 5.74) is 7.94. The van der Waals surface area contributed by atoms with Crippen molar-refractivity contribution in [2.75, 3.05) is 6.61 Å². The number of nitrogens with two attached hydrogens (primary N) is 1. The molecule has 3 aliphatic rings. The Hall–Kier alpha value is -3.98. The van der Waals surface area contributed by atoms with Gasteiger partial charge in [-0.1, -0.05) is 48.6 Å². The number of amides is 1. The Balaban J connectivity index is 1.32. The van der Waals surface area contributed by atoms with Gasteiger partial charge in [-0.25, -0.2) is 13.4 Å².